The zero-order valence-corrected chi connectivity index (χ0v) is 17.6. The van der Waals surface area contributed by atoms with Gasteiger partial charge in [-0.2, -0.15) is 0 Å². The number of aryl methyl sites for hydroxylation is 1. The highest BCUT2D eigenvalue weighted by Crippen LogP contribution is 2.36. The number of hydrogen-bond acceptors (Lipinski definition) is 5. The Hall–Kier alpha value is -3.19. The van der Waals surface area contributed by atoms with Crippen molar-refractivity contribution in [3.63, 3.8) is 0 Å². The van der Waals surface area contributed by atoms with Crippen molar-refractivity contribution < 1.29 is 14.3 Å². The second kappa shape index (κ2) is 9.09. The van der Waals surface area contributed by atoms with Crippen LogP contribution < -0.4 is 15.0 Å². The van der Waals surface area contributed by atoms with E-state index in [1.54, 1.807) is 4.90 Å². The Balaban J connectivity index is 1.45. The molecule has 2 heterocycles. The molecule has 2 aromatic carbocycles. The first-order valence-electron chi connectivity index (χ1n) is 10.0. The predicted octanol–water partition coefficient (Wildman–Crippen LogP) is 4.52. The molecule has 0 atom stereocenters. The molecule has 1 aliphatic rings. The first-order valence-corrected chi connectivity index (χ1v) is 10.9. The van der Waals surface area contributed by atoms with E-state index >= 15 is 0 Å². The minimum atomic E-state index is -0.0571. The van der Waals surface area contributed by atoms with E-state index in [0.717, 1.165) is 28.9 Å². The van der Waals surface area contributed by atoms with Gasteiger partial charge in [-0.15, -0.1) is 11.3 Å². The second-order valence-electron chi connectivity index (χ2n) is 7.09. The van der Waals surface area contributed by atoms with Crippen LogP contribution in [0, 0.1) is 0 Å². The number of nitrogens with one attached hydrogen (secondary N) is 1. The Bertz CT molecular complexity index is 1050. The van der Waals surface area contributed by atoms with E-state index in [1.165, 1.54) is 11.3 Å². The van der Waals surface area contributed by atoms with E-state index < -0.39 is 0 Å². The van der Waals surface area contributed by atoms with Crippen LogP contribution in [0.5, 0.6) is 5.75 Å². The maximum Gasteiger partial charge on any atom is 0.265 e. The van der Waals surface area contributed by atoms with Crippen molar-refractivity contribution in [2.24, 2.45) is 0 Å². The lowest BCUT2D eigenvalue weighted by atomic mass is 10.1. The van der Waals surface area contributed by atoms with Crippen LogP contribution in [0.1, 0.15) is 25.3 Å². The standard InChI is InChI=1S/C23H23N3O3S/c1-2-12-26-19-13-17(9-10-20(19)29-14-22(26)28)18-15-30-23(24-18)25-21(27)11-8-16-6-4-3-5-7-16/h3-7,9-10,13,15H,2,8,11-12,14H2,1H3,(H,24,25,27). The van der Waals surface area contributed by atoms with Crippen LogP contribution in [-0.2, 0) is 16.0 Å². The molecule has 1 N–H and O–H groups in total. The third-order valence-corrected chi connectivity index (χ3v) is 5.64. The molecule has 7 heteroatoms. The van der Waals surface area contributed by atoms with Crippen LogP contribution >= 0.6 is 11.3 Å². The fraction of sp³-hybridized carbons (Fsp3) is 0.261. The lowest BCUT2D eigenvalue weighted by molar-refractivity contribution is -0.121. The fourth-order valence-electron chi connectivity index (χ4n) is 3.38. The minimum Gasteiger partial charge on any atom is -0.482 e. The third kappa shape index (κ3) is 4.52. The number of hydrogen-bond donors (Lipinski definition) is 1. The summed E-state index contributed by atoms with van der Waals surface area (Å²) in [5.41, 5.74) is 3.55. The van der Waals surface area contributed by atoms with Gasteiger partial charge in [-0.1, -0.05) is 37.3 Å². The number of amides is 2. The molecule has 0 saturated carbocycles. The summed E-state index contributed by atoms with van der Waals surface area (Å²) in [7, 11) is 0. The first-order chi connectivity index (χ1) is 14.6. The monoisotopic (exact) mass is 421 g/mol. The zero-order chi connectivity index (χ0) is 20.9. The van der Waals surface area contributed by atoms with Crippen molar-refractivity contribution in [1.29, 1.82) is 0 Å². The number of thiazole rings is 1. The molecule has 0 bridgehead atoms. The van der Waals surface area contributed by atoms with Gasteiger partial charge in [-0.25, -0.2) is 4.98 Å². The largest absolute Gasteiger partial charge is 0.482 e. The molecule has 3 aromatic rings. The van der Waals surface area contributed by atoms with E-state index in [-0.39, 0.29) is 18.4 Å². The Morgan fingerprint density at radius 2 is 2.07 bits per heavy atom. The smallest absolute Gasteiger partial charge is 0.265 e. The average molecular weight is 422 g/mol. The summed E-state index contributed by atoms with van der Waals surface area (Å²) in [6, 6.07) is 15.7. The molecule has 4 rings (SSSR count). The van der Waals surface area contributed by atoms with E-state index in [4.69, 9.17) is 4.74 Å². The quantitative estimate of drug-likeness (QED) is 0.609. The maximum absolute atomic E-state index is 12.3. The van der Waals surface area contributed by atoms with Crippen LogP contribution in [0.4, 0.5) is 10.8 Å². The summed E-state index contributed by atoms with van der Waals surface area (Å²) in [6.45, 7) is 2.76. The van der Waals surface area contributed by atoms with Gasteiger partial charge in [0.2, 0.25) is 5.91 Å². The second-order valence-corrected chi connectivity index (χ2v) is 7.95. The molecule has 0 radical (unpaired) electrons. The number of aromatic nitrogens is 1. The van der Waals surface area contributed by atoms with Crippen molar-refractivity contribution in [3.05, 3.63) is 59.5 Å². The van der Waals surface area contributed by atoms with E-state index in [0.29, 0.717) is 30.3 Å². The molecule has 0 unspecified atom stereocenters. The molecule has 30 heavy (non-hydrogen) atoms. The molecule has 1 aromatic heterocycles. The fourth-order valence-corrected chi connectivity index (χ4v) is 4.11. The molecule has 0 saturated heterocycles. The number of rotatable bonds is 7. The molecule has 0 spiro atoms. The number of fused-ring (bicyclic) bond motifs is 1. The number of anilines is 2. The van der Waals surface area contributed by atoms with Gasteiger partial charge in [0.25, 0.3) is 5.91 Å². The molecule has 154 valence electrons. The molecule has 0 aliphatic carbocycles. The molecule has 2 amide bonds. The summed E-state index contributed by atoms with van der Waals surface area (Å²) in [4.78, 5) is 30.8. The number of carbonyl (C=O) groups is 2. The molecular formula is C23H23N3O3S. The van der Waals surface area contributed by atoms with Gasteiger partial charge in [-0.3, -0.25) is 9.59 Å². The van der Waals surface area contributed by atoms with Crippen LogP contribution in [-0.4, -0.2) is 29.9 Å². The average Bonchev–Trinajstić information content (AvgIpc) is 3.23. The van der Waals surface area contributed by atoms with Crippen LogP contribution in [0.2, 0.25) is 0 Å². The van der Waals surface area contributed by atoms with Gasteiger partial charge in [0.05, 0.1) is 11.4 Å². The van der Waals surface area contributed by atoms with Crippen molar-refractivity contribution in [3.8, 4) is 17.0 Å². The summed E-state index contributed by atoms with van der Waals surface area (Å²) in [5.74, 6) is 0.612. The van der Waals surface area contributed by atoms with Crippen molar-refractivity contribution in [1.82, 2.24) is 4.98 Å². The minimum absolute atomic E-state index is 0.0360. The number of benzene rings is 2. The van der Waals surface area contributed by atoms with Gasteiger partial charge in [-0.05, 0) is 36.6 Å². The number of nitrogens with zero attached hydrogens (tertiary/aromatic N) is 2. The highest BCUT2D eigenvalue weighted by atomic mass is 32.1. The topological polar surface area (TPSA) is 71.5 Å². The van der Waals surface area contributed by atoms with Crippen molar-refractivity contribution in [2.75, 3.05) is 23.4 Å². The summed E-state index contributed by atoms with van der Waals surface area (Å²) >= 11 is 1.39. The van der Waals surface area contributed by atoms with E-state index in [2.05, 4.69) is 10.3 Å². The van der Waals surface area contributed by atoms with Gasteiger partial charge < -0.3 is 15.0 Å². The molecular weight excluding hydrogens is 398 g/mol. The summed E-state index contributed by atoms with van der Waals surface area (Å²) in [6.07, 6.45) is 1.96. The van der Waals surface area contributed by atoms with Gasteiger partial charge in [0.1, 0.15) is 5.75 Å². The number of ether oxygens (including phenoxy) is 1. The predicted molar refractivity (Wildman–Crippen MR) is 119 cm³/mol. The van der Waals surface area contributed by atoms with Gasteiger partial charge in [0.15, 0.2) is 11.7 Å². The van der Waals surface area contributed by atoms with Crippen molar-refractivity contribution >= 4 is 34.0 Å². The highest BCUT2D eigenvalue weighted by Gasteiger charge is 2.25. The van der Waals surface area contributed by atoms with Gasteiger partial charge in [0, 0.05) is 23.9 Å². The SMILES string of the molecule is CCCN1C(=O)COc2ccc(-c3csc(NC(=O)CCc4ccccc4)n3)cc21. The number of carbonyl (C=O) groups excluding carboxylic acids is 2. The Morgan fingerprint density at radius 3 is 2.87 bits per heavy atom. The van der Waals surface area contributed by atoms with Crippen LogP contribution in [0.3, 0.4) is 0 Å². The highest BCUT2D eigenvalue weighted by molar-refractivity contribution is 7.14. The van der Waals surface area contributed by atoms with Crippen molar-refractivity contribution in [2.45, 2.75) is 26.2 Å². The first kappa shape index (κ1) is 20.1. The molecule has 1 aliphatic heterocycles. The van der Waals surface area contributed by atoms with Crippen LogP contribution in [0.25, 0.3) is 11.3 Å². The van der Waals surface area contributed by atoms with Gasteiger partial charge >= 0.3 is 0 Å². The Morgan fingerprint density at radius 1 is 1.23 bits per heavy atom. The third-order valence-electron chi connectivity index (χ3n) is 4.88. The van der Waals surface area contributed by atoms with E-state index in [1.807, 2.05) is 60.8 Å². The zero-order valence-electron chi connectivity index (χ0n) is 16.8. The normalized spacial score (nSPS) is 13.0. The lowest BCUT2D eigenvalue weighted by Crippen LogP contribution is -2.39. The summed E-state index contributed by atoms with van der Waals surface area (Å²) < 4.78 is 5.56. The summed E-state index contributed by atoms with van der Waals surface area (Å²) in [5, 5.41) is 5.36. The maximum atomic E-state index is 12.3. The lowest BCUT2D eigenvalue weighted by Gasteiger charge is -2.29. The molecule has 6 nitrogen and oxygen atoms in total. The molecule has 0 fully saturated rings. The van der Waals surface area contributed by atoms with Crippen LogP contribution in [0.15, 0.2) is 53.9 Å². The Kier molecular flexibility index (Phi) is 6.09. The van der Waals surface area contributed by atoms with E-state index in [9.17, 15) is 9.59 Å². The Labute approximate surface area is 179 Å².